The molecule has 25 heavy (non-hydrogen) atoms. The summed E-state index contributed by atoms with van der Waals surface area (Å²) in [5.41, 5.74) is 0.190. The summed E-state index contributed by atoms with van der Waals surface area (Å²) in [6.45, 7) is 11.2. The SMILES string of the molecule is CC(C)(C)N([O-])c1ccc(Oc2ccc(N([O-])C(C)(C)C)cc2)cc1. The van der Waals surface area contributed by atoms with E-state index >= 15 is 0 Å². The van der Waals surface area contributed by atoms with Gasteiger partial charge in [-0.2, -0.15) is 0 Å². The Hall–Kier alpha value is -2.24. The van der Waals surface area contributed by atoms with Crippen LogP contribution in [0, 0.1) is 10.4 Å². The van der Waals surface area contributed by atoms with Gasteiger partial charge in [-0.3, -0.25) is 0 Å². The van der Waals surface area contributed by atoms with E-state index in [0.717, 1.165) is 10.1 Å². The first-order valence-electron chi connectivity index (χ1n) is 8.31. The molecule has 0 N–H and O–H groups in total. The average molecular weight is 342 g/mol. The number of nitrogens with zero attached hydrogens (tertiary/aromatic N) is 2. The van der Waals surface area contributed by atoms with E-state index in [4.69, 9.17) is 4.74 Å². The minimum Gasteiger partial charge on any atom is -0.758 e. The highest BCUT2D eigenvalue weighted by Crippen LogP contribution is 2.29. The Morgan fingerprint density at radius 2 is 0.880 bits per heavy atom. The third-order valence-electron chi connectivity index (χ3n) is 3.60. The molecule has 0 bridgehead atoms. The van der Waals surface area contributed by atoms with Crippen LogP contribution in [0.5, 0.6) is 11.5 Å². The highest BCUT2D eigenvalue weighted by molar-refractivity contribution is 5.54. The van der Waals surface area contributed by atoms with Crippen molar-refractivity contribution in [3.63, 3.8) is 0 Å². The molecule has 2 aromatic carbocycles. The van der Waals surface area contributed by atoms with Gasteiger partial charge in [0.2, 0.25) is 0 Å². The number of rotatable bonds is 4. The van der Waals surface area contributed by atoms with Crippen molar-refractivity contribution in [3.8, 4) is 11.5 Å². The lowest BCUT2D eigenvalue weighted by molar-refractivity contribution is 0.482. The summed E-state index contributed by atoms with van der Waals surface area (Å²) in [7, 11) is 0. The van der Waals surface area contributed by atoms with Crippen LogP contribution in [0.1, 0.15) is 41.5 Å². The second-order valence-electron chi connectivity index (χ2n) is 8.02. The largest absolute Gasteiger partial charge is 0.758 e. The van der Waals surface area contributed by atoms with Crippen molar-refractivity contribution in [2.75, 3.05) is 10.1 Å². The van der Waals surface area contributed by atoms with Crippen LogP contribution in [0.25, 0.3) is 0 Å². The van der Waals surface area contributed by atoms with Crippen molar-refractivity contribution in [2.45, 2.75) is 52.6 Å². The van der Waals surface area contributed by atoms with E-state index in [9.17, 15) is 10.4 Å². The lowest BCUT2D eigenvalue weighted by atomic mass is 10.1. The number of hydroxylamine groups is 2. The molecule has 0 saturated carbocycles. The predicted molar refractivity (Wildman–Crippen MR) is 104 cm³/mol. The zero-order valence-corrected chi connectivity index (χ0v) is 15.7. The Bertz CT molecular complexity index is 621. The van der Waals surface area contributed by atoms with Gasteiger partial charge in [0.15, 0.2) is 0 Å². The van der Waals surface area contributed by atoms with Gasteiger partial charge in [0, 0.05) is 22.5 Å². The van der Waals surface area contributed by atoms with Crippen molar-refractivity contribution < 1.29 is 4.74 Å². The van der Waals surface area contributed by atoms with Crippen molar-refractivity contribution in [3.05, 3.63) is 58.9 Å². The number of ether oxygens (including phenoxy) is 1. The Morgan fingerprint density at radius 1 is 0.600 bits per heavy atom. The Kier molecular flexibility index (Phi) is 5.30. The quantitative estimate of drug-likeness (QED) is 0.668. The van der Waals surface area contributed by atoms with Crippen LogP contribution >= 0.6 is 0 Å². The zero-order valence-electron chi connectivity index (χ0n) is 15.7. The van der Waals surface area contributed by atoms with Crippen molar-refractivity contribution in [1.29, 1.82) is 0 Å². The fourth-order valence-corrected chi connectivity index (χ4v) is 2.21. The monoisotopic (exact) mass is 342 g/mol. The molecule has 0 aliphatic carbocycles. The summed E-state index contributed by atoms with van der Waals surface area (Å²) in [4.78, 5) is 0. The van der Waals surface area contributed by atoms with Crippen LogP contribution in [0.3, 0.4) is 0 Å². The minimum absolute atomic E-state index is 0.491. The Morgan fingerprint density at radius 3 is 1.12 bits per heavy atom. The fourth-order valence-electron chi connectivity index (χ4n) is 2.21. The Labute approximate surface area is 150 Å². The molecule has 0 spiro atoms. The van der Waals surface area contributed by atoms with E-state index in [0.29, 0.717) is 22.9 Å². The average Bonchev–Trinajstić information content (AvgIpc) is 2.53. The molecule has 5 nitrogen and oxygen atoms in total. The normalized spacial score (nSPS) is 12.0. The van der Waals surface area contributed by atoms with Crippen LogP contribution in [-0.4, -0.2) is 11.1 Å². The lowest BCUT2D eigenvalue weighted by Gasteiger charge is -2.43. The highest BCUT2D eigenvalue weighted by Gasteiger charge is 2.14. The second-order valence-corrected chi connectivity index (χ2v) is 8.02. The van der Waals surface area contributed by atoms with Gasteiger partial charge >= 0.3 is 0 Å². The molecule has 0 amide bonds. The fraction of sp³-hybridized carbons (Fsp3) is 0.400. The van der Waals surface area contributed by atoms with Gasteiger partial charge in [0.1, 0.15) is 11.5 Å². The molecule has 0 fully saturated rings. The second kappa shape index (κ2) is 6.94. The van der Waals surface area contributed by atoms with Crippen molar-refractivity contribution in [1.82, 2.24) is 0 Å². The highest BCUT2D eigenvalue weighted by atomic mass is 16.5. The molecular formula is C20H26N2O3-2. The van der Waals surface area contributed by atoms with E-state index < -0.39 is 11.1 Å². The summed E-state index contributed by atoms with van der Waals surface area (Å²) in [5.74, 6) is 1.27. The summed E-state index contributed by atoms with van der Waals surface area (Å²) in [6, 6.07) is 14.0. The zero-order chi connectivity index (χ0) is 18.8. The van der Waals surface area contributed by atoms with E-state index in [-0.39, 0.29) is 0 Å². The molecule has 2 aromatic rings. The molecule has 0 radical (unpaired) electrons. The van der Waals surface area contributed by atoms with E-state index in [1.54, 1.807) is 48.5 Å². The molecule has 5 heteroatoms. The number of hydrogen-bond acceptors (Lipinski definition) is 5. The summed E-state index contributed by atoms with van der Waals surface area (Å²) >= 11 is 0. The standard InChI is InChI=1S/C20H26N2O3/c1-19(2,3)21(23)15-7-11-17(12-8-15)25-18-13-9-16(10-14-18)22(24)20(4,5)6/h7-14H,1-6H3/q-2. The molecule has 0 unspecified atom stereocenters. The lowest BCUT2D eigenvalue weighted by Crippen LogP contribution is -2.36. The molecule has 0 atom stereocenters. The topological polar surface area (TPSA) is 61.8 Å². The summed E-state index contributed by atoms with van der Waals surface area (Å²) in [6.07, 6.45) is 0. The maximum Gasteiger partial charge on any atom is 0.127 e. The van der Waals surface area contributed by atoms with Gasteiger partial charge in [0.05, 0.1) is 0 Å². The molecule has 0 heterocycles. The van der Waals surface area contributed by atoms with Crippen molar-refractivity contribution in [2.24, 2.45) is 0 Å². The van der Waals surface area contributed by atoms with E-state index in [1.807, 2.05) is 41.5 Å². The van der Waals surface area contributed by atoms with Crippen LogP contribution in [0.15, 0.2) is 48.5 Å². The number of benzene rings is 2. The number of hydrogen-bond donors (Lipinski definition) is 0. The van der Waals surface area contributed by atoms with Crippen LogP contribution in [0.2, 0.25) is 0 Å². The van der Waals surface area contributed by atoms with Crippen LogP contribution in [-0.2, 0) is 0 Å². The molecular weight excluding hydrogens is 316 g/mol. The van der Waals surface area contributed by atoms with Crippen LogP contribution < -0.4 is 14.9 Å². The summed E-state index contributed by atoms with van der Waals surface area (Å²) in [5, 5.41) is 26.3. The predicted octanol–water partition coefficient (Wildman–Crippen LogP) is 5.68. The maximum atomic E-state index is 12.2. The third kappa shape index (κ3) is 4.87. The third-order valence-corrected chi connectivity index (χ3v) is 3.60. The minimum atomic E-state index is -0.491. The van der Waals surface area contributed by atoms with Crippen molar-refractivity contribution >= 4 is 11.4 Å². The van der Waals surface area contributed by atoms with E-state index in [2.05, 4.69) is 0 Å². The van der Waals surface area contributed by atoms with Gasteiger partial charge in [0.25, 0.3) is 0 Å². The molecule has 0 aromatic heterocycles. The Balaban J connectivity index is 2.08. The molecule has 0 aliphatic heterocycles. The molecule has 0 saturated heterocycles. The first-order chi connectivity index (χ1) is 11.5. The number of anilines is 2. The van der Waals surface area contributed by atoms with E-state index in [1.165, 1.54) is 0 Å². The van der Waals surface area contributed by atoms with Crippen LogP contribution in [0.4, 0.5) is 11.4 Å². The van der Waals surface area contributed by atoms with Gasteiger partial charge in [-0.1, -0.05) is 0 Å². The van der Waals surface area contributed by atoms with Gasteiger partial charge in [-0.25, -0.2) is 0 Å². The van der Waals surface area contributed by atoms with Gasteiger partial charge < -0.3 is 25.3 Å². The van der Waals surface area contributed by atoms with Gasteiger partial charge in [-0.05, 0) is 90.1 Å². The maximum absolute atomic E-state index is 12.2. The summed E-state index contributed by atoms with van der Waals surface area (Å²) < 4.78 is 5.78. The molecule has 2 rings (SSSR count). The first kappa shape index (κ1) is 19.1. The smallest absolute Gasteiger partial charge is 0.127 e. The van der Waals surface area contributed by atoms with Gasteiger partial charge in [-0.15, -0.1) is 0 Å². The molecule has 136 valence electrons. The first-order valence-corrected chi connectivity index (χ1v) is 8.31. The molecule has 0 aliphatic rings.